The number of benzene rings is 2. The van der Waals surface area contributed by atoms with Crippen molar-refractivity contribution in [2.75, 3.05) is 0 Å². The van der Waals surface area contributed by atoms with Crippen molar-refractivity contribution in [1.29, 1.82) is 5.26 Å². The number of ketones is 1. The Kier molecular flexibility index (Phi) is 16.5. The number of carbonyl (C=O) groups excluding carboxylic acids is 1. The quantitative estimate of drug-likeness (QED) is 0.317. The van der Waals surface area contributed by atoms with Crippen LogP contribution in [0.4, 0.5) is 4.39 Å². The minimum atomic E-state index is -0.133. The van der Waals surface area contributed by atoms with Crippen LogP contribution in [0.15, 0.2) is 79.9 Å². The Hall–Kier alpha value is -3.84. The molecule has 0 amide bonds. The summed E-state index contributed by atoms with van der Waals surface area (Å²) in [5, 5.41) is 9.10. The summed E-state index contributed by atoms with van der Waals surface area (Å²) < 4.78 is 12.5. The second-order valence-electron chi connectivity index (χ2n) is 8.41. The van der Waals surface area contributed by atoms with Crippen LogP contribution in [-0.4, -0.2) is 10.8 Å². The molecule has 3 nitrogen and oxygen atoms in total. The molecule has 0 bridgehead atoms. The summed E-state index contributed by atoms with van der Waals surface area (Å²) in [5.74, 6) is 0.0865. The number of pyridine rings is 1. The summed E-state index contributed by atoms with van der Waals surface area (Å²) >= 11 is 0. The smallest absolute Gasteiger partial charge is 0.157 e. The van der Waals surface area contributed by atoms with E-state index in [0.29, 0.717) is 5.56 Å². The first kappa shape index (κ1) is 33.2. The summed E-state index contributed by atoms with van der Waals surface area (Å²) in [6, 6.07) is 20.4. The second-order valence-corrected chi connectivity index (χ2v) is 8.41. The molecule has 0 aliphatic rings. The molecule has 0 spiro atoms. The molecule has 0 saturated heterocycles. The van der Waals surface area contributed by atoms with Gasteiger partial charge in [-0.25, -0.2) is 4.39 Å². The van der Waals surface area contributed by atoms with E-state index in [1.54, 1.807) is 18.2 Å². The van der Waals surface area contributed by atoms with Gasteiger partial charge in [-0.1, -0.05) is 90.6 Å². The Morgan fingerprint density at radius 1 is 1.11 bits per heavy atom. The van der Waals surface area contributed by atoms with Gasteiger partial charge in [-0.3, -0.25) is 9.78 Å². The SMILES string of the molecule is C=C(C)c1ccc(-c2ccccc2C#N)nc1C.C=CC(=O)C(C)C.CC.CCCc1cccc(F)c1. The van der Waals surface area contributed by atoms with Gasteiger partial charge < -0.3 is 0 Å². The lowest BCUT2D eigenvalue weighted by Gasteiger charge is -2.08. The van der Waals surface area contributed by atoms with Crippen molar-refractivity contribution in [3.8, 4) is 17.3 Å². The Balaban J connectivity index is 0.000000576. The summed E-state index contributed by atoms with van der Waals surface area (Å²) in [4.78, 5) is 15.0. The third-order valence-electron chi connectivity index (χ3n) is 5.07. The van der Waals surface area contributed by atoms with Gasteiger partial charge in [0.1, 0.15) is 5.82 Å². The molecule has 0 fully saturated rings. The van der Waals surface area contributed by atoms with Gasteiger partial charge in [0.15, 0.2) is 5.78 Å². The predicted octanol–water partition coefficient (Wildman–Crippen LogP) is 9.16. The van der Waals surface area contributed by atoms with Gasteiger partial charge in [0.2, 0.25) is 0 Å². The van der Waals surface area contributed by atoms with Crippen molar-refractivity contribution in [3.05, 3.63) is 108 Å². The average molecular weight is 501 g/mol. The zero-order valence-corrected chi connectivity index (χ0v) is 23.4. The highest BCUT2D eigenvalue weighted by Gasteiger charge is 2.08. The van der Waals surface area contributed by atoms with Crippen LogP contribution >= 0.6 is 0 Å². The summed E-state index contributed by atoms with van der Waals surface area (Å²) in [6.45, 7) is 21.0. The number of nitrogens with zero attached hydrogens (tertiary/aromatic N) is 2. The minimum absolute atomic E-state index is 0.109. The molecule has 0 N–H and O–H groups in total. The zero-order valence-electron chi connectivity index (χ0n) is 23.4. The van der Waals surface area contributed by atoms with Gasteiger partial charge in [-0.15, -0.1) is 0 Å². The van der Waals surface area contributed by atoms with Gasteiger partial charge in [0, 0.05) is 17.2 Å². The van der Waals surface area contributed by atoms with Crippen LogP contribution in [0.25, 0.3) is 16.8 Å². The Morgan fingerprint density at radius 3 is 2.22 bits per heavy atom. The summed E-state index contributed by atoms with van der Waals surface area (Å²) in [7, 11) is 0. The molecule has 0 saturated carbocycles. The fourth-order valence-electron chi connectivity index (χ4n) is 3.18. The average Bonchev–Trinajstić information content (AvgIpc) is 2.90. The van der Waals surface area contributed by atoms with Gasteiger partial charge in [0.25, 0.3) is 0 Å². The maximum Gasteiger partial charge on any atom is 0.157 e. The fraction of sp³-hybridized carbons (Fsp3) is 0.303. The predicted molar refractivity (Wildman–Crippen MR) is 156 cm³/mol. The van der Waals surface area contributed by atoms with Gasteiger partial charge in [-0.2, -0.15) is 5.26 Å². The standard InChI is InChI=1S/C16H14N2.C9H11F.C6H10O.C2H6/c1-11(2)14-8-9-16(18-12(14)3)15-7-5-4-6-13(15)10-17;1-2-4-8-5-3-6-9(10)7-8;1-4-6(7)5(2)3;1-2/h4-9H,1H2,2-3H3;3,5-7H,2,4H2,1H3;4-5H,1H2,2-3H3;1-2H3. The highest BCUT2D eigenvalue weighted by Crippen LogP contribution is 2.24. The van der Waals surface area contributed by atoms with Crippen molar-refractivity contribution in [3.63, 3.8) is 0 Å². The Morgan fingerprint density at radius 2 is 1.76 bits per heavy atom. The number of rotatable bonds is 6. The highest BCUT2D eigenvalue weighted by atomic mass is 19.1. The molecule has 0 aliphatic carbocycles. The van der Waals surface area contributed by atoms with E-state index in [0.717, 1.165) is 46.5 Å². The molecule has 0 aliphatic heterocycles. The molecule has 3 rings (SSSR count). The van der Waals surface area contributed by atoms with Gasteiger partial charge in [0.05, 0.1) is 17.3 Å². The monoisotopic (exact) mass is 500 g/mol. The lowest BCUT2D eigenvalue weighted by Crippen LogP contribution is -2.00. The topological polar surface area (TPSA) is 53.8 Å². The molecular formula is C33H41FN2O. The zero-order chi connectivity index (χ0) is 28.4. The van der Waals surface area contributed by atoms with E-state index in [2.05, 4.69) is 31.1 Å². The van der Waals surface area contributed by atoms with Crippen LogP contribution in [0.5, 0.6) is 0 Å². The number of halogens is 1. The summed E-state index contributed by atoms with van der Waals surface area (Å²) in [5.41, 5.74) is 6.43. The third-order valence-corrected chi connectivity index (χ3v) is 5.07. The molecule has 4 heteroatoms. The van der Waals surface area contributed by atoms with Crippen LogP contribution in [0.3, 0.4) is 0 Å². The third kappa shape index (κ3) is 12.1. The molecule has 0 radical (unpaired) electrons. The van der Waals surface area contributed by atoms with E-state index >= 15 is 0 Å². The van der Waals surface area contributed by atoms with E-state index in [9.17, 15) is 9.18 Å². The van der Waals surface area contributed by atoms with E-state index in [-0.39, 0.29) is 17.5 Å². The number of aromatic nitrogens is 1. The summed E-state index contributed by atoms with van der Waals surface area (Å²) in [6.07, 6.45) is 3.39. The maximum atomic E-state index is 12.5. The number of carbonyl (C=O) groups is 1. The molecule has 2 aromatic carbocycles. The van der Waals surface area contributed by atoms with Crippen LogP contribution in [0.1, 0.15) is 70.3 Å². The van der Waals surface area contributed by atoms with Crippen molar-refractivity contribution in [1.82, 2.24) is 4.98 Å². The fourth-order valence-corrected chi connectivity index (χ4v) is 3.18. The molecule has 0 unspecified atom stereocenters. The second kappa shape index (κ2) is 18.4. The van der Waals surface area contributed by atoms with Crippen molar-refractivity contribution in [2.45, 2.75) is 61.3 Å². The lowest BCUT2D eigenvalue weighted by molar-refractivity contribution is -0.117. The lowest BCUT2D eigenvalue weighted by atomic mass is 10.0. The van der Waals surface area contributed by atoms with E-state index in [1.165, 1.54) is 12.1 Å². The van der Waals surface area contributed by atoms with Crippen molar-refractivity contribution >= 4 is 11.4 Å². The number of hydrogen-bond acceptors (Lipinski definition) is 3. The Labute approximate surface area is 223 Å². The largest absolute Gasteiger partial charge is 0.295 e. The molecule has 0 atom stereocenters. The molecule has 37 heavy (non-hydrogen) atoms. The number of allylic oxidation sites excluding steroid dienone is 2. The minimum Gasteiger partial charge on any atom is -0.295 e. The number of nitriles is 1. The van der Waals surface area contributed by atoms with Crippen LogP contribution in [0, 0.1) is 30.0 Å². The first-order valence-electron chi connectivity index (χ1n) is 12.7. The van der Waals surface area contributed by atoms with E-state index in [1.807, 2.05) is 77.9 Å². The number of hydrogen-bond donors (Lipinski definition) is 0. The van der Waals surface area contributed by atoms with Crippen LogP contribution < -0.4 is 0 Å². The van der Waals surface area contributed by atoms with E-state index in [4.69, 9.17) is 5.26 Å². The maximum absolute atomic E-state index is 12.5. The number of aryl methyl sites for hydroxylation is 2. The molecule has 3 aromatic rings. The molecular weight excluding hydrogens is 459 g/mol. The van der Waals surface area contributed by atoms with Crippen LogP contribution in [0.2, 0.25) is 0 Å². The molecule has 1 heterocycles. The highest BCUT2D eigenvalue weighted by molar-refractivity contribution is 5.90. The molecule has 196 valence electrons. The first-order valence-corrected chi connectivity index (χ1v) is 12.7. The first-order chi connectivity index (χ1) is 17.6. The van der Waals surface area contributed by atoms with Gasteiger partial charge >= 0.3 is 0 Å². The van der Waals surface area contributed by atoms with Crippen LogP contribution in [-0.2, 0) is 11.2 Å². The molecule has 1 aromatic heterocycles. The normalized spacial score (nSPS) is 9.30. The van der Waals surface area contributed by atoms with E-state index < -0.39 is 0 Å². The van der Waals surface area contributed by atoms with Crippen molar-refractivity contribution < 1.29 is 9.18 Å². The van der Waals surface area contributed by atoms with Crippen molar-refractivity contribution in [2.24, 2.45) is 5.92 Å². The van der Waals surface area contributed by atoms with Gasteiger partial charge in [-0.05, 0) is 67.3 Å². The Bertz CT molecular complexity index is 1190.